The Hall–Kier alpha value is -3.46. The standard InChI is InChI=1S/C27H37N.C26H35N/c1-2-3-4-5-6-22-13-17-26(18-14-22)27-19-15-24(16-20-27)8-7-23-9-11-25(21-28)12-10-23;1-2-3-4-5-21-12-16-25(17-13-21)26-18-14-23(15-19-26)7-6-22-8-10-24(20-27)11-9-22/h9-12,22,24,26-27H,2-6,13-20H2,1H3;8-11,21,23,25-26H,2-5,12-19H2,1H3. The maximum absolute atomic E-state index is 8.88. The van der Waals surface area contributed by atoms with Gasteiger partial charge in [-0.1, -0.05) is 121 Å². The molecule has 6 rings (SSSR count). The van der Waals surface area contributed by atoms with E-state index >= 15 is 0 Å². The van der Waals surface area contributed by atoms with Crippen molar-refractivity contribution in [2.75, 3.05) is 0 Å². The molecule has 4 saturated carbocycles. The van der Waals surface area contributed by atoms with Crippen LogP contribution in [-0.2, 0) is 0 Å². The maximum Gasteiger partial charge on any atom is 0.0991 e. The highest BCUT2D eigenvalue weighted by Crippen LogP contribution is 2.43. The number of hydrogen-bond acceptors (Lipinski definition) is 2. The highest BCUT2D eigenvalue weighted by Gasteiger charge is 2.31. The van der Waals surface area contributed by atoms with Crippen LogP contribution in [0.4, 0.5) is 0 Å². The molecule has 0 heterocycles. The molecule has 0 spiro atoms. The van der Waals surface area contributed by atoms with Crippen molar-refractivity contribution in [1.29, 1.82) is 10.5 Å². The highest BCUT2D eigenvalue weighted by atomic mass is 14.4. The summed E-state index contributed by atoms with van der Waals surface area (Å²) in [5, 5.41) is 17.8. The van der Waals surface area contributed by atoms with Gasteiger partial charge in [0.2, 0.25) is 0 Å². The summed E-state index contributed by atoms with van der Waals surface area (Å²) in [6.07, 6.45) is 35.5. The third kappa shape index (κ3) is 14.9. The van der Waals surface area contributed by atoms with Gasteiger partial charge in [0.15, 0.2) is 0 Å². The van der Waals surface area contributed by atoms with Crippen molar-refractivity contribution in [3.8, 4) is 35.8 Å². The first-order valence-corrected chi connectivity index (χ1v) is 23.1. The molecule has 2 nitrogen and oxygen atoms in total. The summed E-state index contributed by atoms with van der Waals surface area (Å²) < 4.78 is 0. The number of nitrogens with zero attached hydrogens (tertiary/aromatic N) is 2. The van der Waals surface area contributed by atoms with Crippen LogP contribution in [0.5, 0.6) is 0 Å². The average Bonchev–Trinajstić information content (AvgIpc) is 3.25. The van der Waals surface area contributed by atoms with Gasteiger partial charge >= 0.3 is 0 Å². The van der Waals surface area contributed by atoms with Crippen molar-refractivity contribution in [3.05, 3.63) is 70.8 Å². The van der Waals surface area contributed by atoms with E-state index in [1.807, 2.05) is 48.5 Å². The quantitative estimate of drug-likeness (QED) is 0.170. The SMILES string of the molecule is CCCCCC1CCC(C2CCC(C#Cc3ccc(C#N)cc3)CC2)CC1.CCCCCCC1CCC(C2CCC(C#Cc3ccc(C#N)cc3)CC2)CC1. The second-order valence-corrected chi connectivity index (χ2v) is 18.0. The van der Waals surface area contributed by atoms with Crippen LogP contribution >= 0.6 is 0 Å². The molecule has 294 valence electrons. The molecule has 0 amide bonds. The molecular weight excluding hydrogens is 665 g/mol. The van der Waals surface area contributed by atoms with Crippen LogP contribution < -0.4 is 0 Å². The lowest BCUT2D eigenvalue weighted by atomic mass is 9.69. The Bertz CT molecular complexity index is 1570. The van der Waals surface area contributed by atoms with Gasteiger partial charge in [-0.3, -0.25) is 0 Å². The number of nitriles is 2. The molecule has 55 heavy (non-hydrogen) atoms. The molecule has 4 fully saturated rings. The number of benzene rings is 2. The Kier molecular flexibility index (Phi) is 18.8. The molecule has 2 heteroatoms. The normalized spacial score (nSPS) is 27.7. The monoisotopic (exact) mass is 737 g/mol. The van der Waals surface area contributed by atoms with E-state index in [1.54, 1.807) is 0 Å². The van der Waals surface area contributed by atoms with Gasteiger partial charge < -0.3 is 0 Å². The molecule has 4 aliphatic rings. The van der Waals surface area contributed by atoms with Crippen LogP contribution in [-0.4, -0.2) is 0 Å². The van der Waals surface area contributed by atoms with Gasteiger partial charge in [0.05, 0.1) is 23.3 Å². The zero-order valence-corrected chi connectivity index (χ0v) is 34.8. The van der Waals surface area contributed by atoms with Crippen LogP contribution in [0.25, 0.3) is 0 Å². The molecule has 0 aliphatic heterocycles. The predicted molar refractivity (Wildman–Crippen MR) is 231 cm³/mol. The minimum Gasteiger partial charge on any atom is -0.192 e. The van der Waals surface area contributed by atoms with E-state index in [4.69, 9.17) is 10.5 Å². The molecule has 2 aromatic carbocycles. The third-order valence-corrected chi connectivity index (χ3v) is 14.2. The summed E-state index contributed by atoms with van der Waals surface area (Å²) in [6, 6.07) is 19.7. The van der Waals surface area contributed by atoms with Crippen molar-refractivity contribution >= 4 is 0 Å². The van der Waals surface area contributed by atoms with E-state index in [0.29, 0.717) is 23.0 Å². The van der Waals surface area contributed by atoms with Gasteiger partial charge in [-0.2, -0.15) is 10.5 Å². The summed E-state index contributed by atoms with van der Waals surface area (Å²) in [4.78, 5) is 0. The van der Waals surface area contributed by atoms with Crippen LogP contribution in [0.2, 0.25) is 0 Å². The van der Waals surface area contributed by atoms with Gasteiger partial charge in [0.25, 0.3) is 0 Å². The Balaban J connectivity index is 0.000000211. The predicted octanol–water partition coefficient (Wildman–Crippen LogP) is 14.6. The molecule has 0 unspecified atom stereocenters. The fraction of sp³-hybridized carbons (Fsp3) is 0.660. The minimum absolute atomic E-state index is 0.571. The molecule has 0 atom stereocenters. The van der Waals surface area contributed by atoms with E-state index in [9.17, 15) is 0 Å². The maximum atomic E-state index is 8.88. The van der Waals surface area contributed by atoms with E-state index in [2.05, 4.69) is 49.7 Å². The number of hydrogen-bond donors (Lipinski definition) is 0. The zero-order valence-electron chi connectivity index (χ0n) is 34.8. The Morgan fingerprint density at radius 1 is 0.400 bits per heavy atom. The van der Waals surface area contributed by atoms with Gasteiger partial charge in [0.1, 0.15) is 0 Å². The first kappa shape index (κ1) is 42.7. The molecule has 2 aromatic rings. The third-order valence-electron chi connectivity index (χ3n) is 14.2. The molecule has 0 aromatic heterocycles. The van der Waals surface area contributed by atoms with Crippen LogP contribution in [0, 0.1) is 93.7 Å². The second-order valence-electron chi connectivity index (χ2n) is 18.0. The van der Waals surface area contributed by atoms with Gasteiger partial charge in [-0.15, -0.1) is 0 Å². The Morgan fingerprint density at radius 2 is 0.709 bits per heavy atom. The van der Waals surface area contributed by atoms with Crippen LogP contribution in [0.1, 0.15) is 197 Å². The van der Waals surface area contributed by atoms with Crippen molar-refractivity contribution in [2.24, 2.45) is 47.3 Å². The summed E-state index contributed by atoms with van der Waals surface area (Å²) in [5.74, 6) is 20.8. The smallest absolute Gasteiger partial charge is 0.0991 e. The van der Waals surface area contributed by atoms with Crippen molar-refractivity contribution in [3.63, 3.8) is 0 Å². The fourth-order valence-electron chi connectivity index (χ4n) is 10.5. The van der Waals surface area contributed by atoms with Crippen molar-refractivity contribution < 1.29 is 0 Å². The topological polar surface area (TPSA) is 47.6 Å². The Morgan fingerprint density at radius 3 is 1.05 bits per heavy atom. The van der Waals surface area contributed by atoms with Gasteiger partial charge in [-0.25, -0.2) is 0 Å². The lowest BCUT2D eigenvalue weighted by molar-refractivity contribution is 0.153. The highest BCUT2D eigenvalue weighted by molar-refractivity contribution is 5.41. The average molecular weight is 737 g/mol. The molecule has 0 N–H and O–H groups in total. The minimum atomic E-state index is 0.571. The largest absolute Gasteiger partial charge is 0.192 e. The second kappa shape index (κ2) is 24.2. The number of rotatable bonds is 11. The summed E-state index contributed by atoms with van der Waals surface area (Å²) in [7, 11) is 0. The molecule has 0 bridgehead atoms. The van der Waals surface area contributed by atoms with E-state index in [0.717, 1.165) is 46.6 Å². The lowest BCUT2D eigenvalue weighted by Gasteiger charge is -2.37. The van der Waals surface area contributed by atoms with Crippen LogP contribution in [0.15, 0.2) is 48.5 Å². The summed E-state index contributed by atoms with van der Waals surface area (Å²) >= 11 is 0. The molecule has 4 aliphatic carbocycles. The summed E-state index contributed by atoms with van der Waals surface area (Å²) in [5.41, 5.74) is 3.50. The summed E-state index contributed by atoms with van der Waals surface area (Å²) in [6.45, 7) is 4.61. The van der Waals surface area contributed by atoms with Gasteiger partial charge in [0, 0.05) is 23.0 Å². The fourth-order valence-corrected chi connectivity index (χ4v) is 10.5. The van der Waals surface area contributed by atoms with E-state index < -0.39 is 0 Å². The first-order chi connectivity index (χ1) is 27.1. The number of unbranched alkanes of at least 4 members (excludes halogenated alkanes) is 5. The van der Waals surface area contributed by atoms with E-state index in [1.165, 1.54) is 161 Å². The molecule has 0 radical (unpaired) electrons. The van der Waals surface area contributed by atoms with Crippen molar-refractivity contribution in [2.45, 2.75) is 174 Å². The van der Waals surface area contributed by atoms with E-state index in [-0.39, 0.29) is 0 Å². The lowest BCUT2D eigenvalue weighted by Crippen LogP contribution is -2.25. The molecule has 0 saturated heterocycles. The first-order valence-electron chi connectivity index (χ1n) is 23.1. The molecular formula is C53H72N2. The zero-order chi connectivity index (χ0) is 38.5. The van der Waals surface area contributed by atoms with Crippen molar-refractivity contribution in [1.82, 2.24) is 0 Å². The van der Waals surface area contributed by atoms with Crippen LogP contribution in [0.3, 0.4) is 0 Å². The van der Waals surface area contributed by atoms with Gasteiger partial charge in [-0.05, 0) is 161 Å². The Labute approximate surface area is 337 Å².